The van der Waals surface area contributed by atoms with Crippen LogP contribution in [0, 0.1) is 12.7 Å². The molecule has 1 fully saturated rings. The van der Waals surface area contributed by atoms with Gasteiger partial charge in [-0.2, -0.15) is 0 Å². The van der Waals surface area contributed by atoms with Crippen LogP contribution in [-0.2, 0) is 22.7 Å². The molecule has 0 radical (unpaired) electrons. The van der Waals surface area contributed by atoms with Gasteiger partial charge >= 0.3 is 0 Å². The molecular weight excluding hydrogens is 361 g/mol. The summed E-state index contributed by atoms with van der Waals surface area (Å²) in [7, 11) is 0. The van der Waals surface area contributed by atoms with Crippen LogP contribution in [0.2, 0.25) is 0 Å². The van der Waals surface area contributed by atoms with Gasteiger partial charge in [0.25, 0.3) is 5.91 Å². The molecule has 2 aromatic rings. The summed E-state index contributed by atoms with van der Waals surface area (Å²) in [6.07, 6.45) is -0.0399. The first-order valence-corrected chi connectivity index (χ1v) is 9.07. The van der Waals surface area contributed by atoms with Gasteiger partial charge in [0, 0.05) is 41.9 Å². The number of carbonyl (C=O) groups is 3. The lowest BCUT2D eigenvalue weighted by atomic mass is 10.0. The molecule has 0 bridgehead atoms. The van der Waals surface area contributed by atoms with Crippen LogP contribution in [0.4, 0.5) is 10.1 Å². The Bertz CT molecular complexity index is 1040. The Labute approximate surface area is 163 Å². The zero-order valence-electron chi connectivity index (χ0n) is 16.3. The van der Waals surface area contributed by atoms with Gasteiger partial charge < -0.3 is 10.2 Å². The number of hydrogen-bond acceptors (Lipinski definition) is 4. The number of imide groups is 1. The third-order valence-corrected chi connectivity index (χ3v) is 5.14. The zero-order chi connectivity index (χ0) is 20.8. The number of amides is 3. The highest BCUT2D eigenvalue weighted by molar-refractivity contribution is 6.06. The SMILES string of the molecule is [2H][C@]1(N2Cc3c(NCc4cccc(C)c4F)cccc3C2=O)CCC(=O)NC1=O. The van der Waals surface area contributed by atoms with Crippen molar-refractivity contribution in [2.75, 3.05) is 5.32 Å². The van der Waals surface area contributed by atoms with E-state index >= 15 is 0 Å². The molecule has 3 amide bonds. The monoisotopic (exact) mass is 382 g/mol. The molecule has 2 aliphatic heterocycles. The van der Waals surface area contributed by atoms with Gasteiger partial charge in [-0.1, -0.05) is 24.3 Å². The fourth-order valence-corrected chi connectivity index (χ4v) is 3.62. The van der Waals surface area contributed by atoms with Crippen molar-refractivity contribution in [3.05, 3.63) is 64.5 Å². The van der Waals surface area contributed by atoms with E-state index in [0.29, 0.717) is 27.9 Å². The number of benzene rings is 2. The van der Waals surface area contributed by atoms with Gasteiger partial charge in [-0.15, -0.1) is 0 Å². The summed E-state index contributed by atoms with van der Waals surface area (Å²) in [4.78, 5) is 37.8. The highest BCUT2D eigenvalue weighted by Gasteiger charge is 2.39. The molecule has 0 aromatic heterocycles. The molecule has 2 heterocycles. The predicted molar refractivity (Wildman–Crippen MR) is 101 cm³/mol. The summed E-state index contributed by atoms with van der Waals surface area (Å²) in [5.41, 5.74) is 2.76. The molecule has 1 saturated heterocycles. The van der Waals surface area contributed by atoms with Gasteiger partial charge in [-0.25, -0.2) is 4.39 Å². The molecule has 4 rings (SSSR count). The first kappa shape index (κ1) is 16.9. The van der Waals surface area contributed by atoms with Crippen molar-refractivity contribution in [2.45, 2.75) is 38.9 Å². The van der Waals surface area contributed by atoms with Crippen LogP contribution in [0.1, 0.15) is 41.3 Å². The minimum Gasteiger partial charge on any atom is -0.381 e. The van der Waals surface area contributed by atoms with Gasteiger partial charge in [-0.3, -0.25) is 19.7 Å². The Morgan fingerprint density at radius 3 is 2.82 bits per heavy atom. The smallest absolute Gasteiger partial charge is 0.255 e. The number of nitrogens with one attached hydrogen (secondary N) is 2. The van der Waals surface area contributed by atoms with Crippen molar-refractivity contribution in [2.24, 2.45) is 0 Å². The van der Waals surface area contributed by atoms with Crippen molar-refractivity contribution in [3.8, 4) is 0 Å². The zero-order valence-corrected chi connectivity index (χ0v) is 15.3. The van der Waals surface area contributed by atoms with E-state index < -0.39 is 23.7 Å². The topological polar surface area (TPSA) is 78.5 Å². The lowest BCUT2D eigenvalue weighted by Crippen LogP contribution is -2.52. The second kappa shape index (κ2) is 7.07. The number of aryl methyl sites for hydroxylation is 1. The lowest BCUT2D eigenvalue weighted by molar-refractivity contribution is -0.136. The molecule has 0 spiro atoms. The average molecular weight is 382 g/mol. The average Bonchev–Trinajstić information content (AvgIpc) is 3.04. The number of hydrogen-bond donors (Lipinski definition) is 2. The first-order valence-electron chi connectivity index (χ1n) is 9.57. The molecule has 2 N–H and O–H groups in total. The van der Waals surface area contributed by atoms with E-state index in [-0.39, 0.29) is 31.7 Å². The fourth-order valence-electron chi connectivity index (χ4n) is 3.62. The van der Waals surface area contributed by atoms with Crippen molar-refractivity contribution in [3.63, 3.8) is 0 Å². The van der Waals surface area contributed by atoms with E-state index in [0.717, 1.165) is 0 Å². The quantitative estimate of drug-likeness (QED) is 0.797. The summed E-state index contributed by atoms with van der Waals surface area (Å²) in [6, 6.07) is 8.47. The molecule has 2 aliphatic rings. The normalized spacial score (nSPS) is 22.0. The highest BCUT2D eigenvalue weighted by Crippen LogP contribution is 2.32. The summed E-state index contributed by atoms with van der Waals surface area (Å²) in [5, 5.41) is 5.32. The second-order valence-electron chi connectivity index (χ2n) is 6.95. The molecular formula is C21H20FN3O3. The number of fused-ring (bicyclic) bond motifs is 1. The highest BCUT2D eigenvalue weighted by atomic mass is 19.1. The largest absolute Gasteiger partial charge is 0.381 e. The number of rotatable bonds is 4. The molecule has 0 saturated carbocycles. The van der Waals surface area contributed by atoms with Crippen molar-refractivity contribution in [1.82, 2.24) is 10.2 Å². The number of piperidine rings is 1. The second-order valence-corrected chi connectivity index (χ2v) is 6.95. The Balaban J connectivity index is 1.59. The van der Waals surface area contributed by atoms with Crippen LogP contribution in [0.25, 0.3) is 0 Å². The van der Waals surface area contributed by atoms with Gasteiger partial charge in [0.2, 0.25) is 11.8 Å². The Hall–Kier alpha value is -3.22. The minimum atomic E-state index is -1.83. The Morgan fingerprint density at radius 1 is 1.25 bits per heavy atom. The standard InChI is InChI=1S/C21H20FN3O3/c1-12-4-2-5-13(19(12)22)10-23-16-7-3-6-14-15(16)11-25(21(14)28)17-8-9-18(26)24-20(17)27/h2-7,17,23H,8-11H2,1H3,(H,24,26,27)/t17-/m0/s1/i17D. The third kappa shape index (κ3) is 3.13. The molecule has 0 aliphatic carbocycles. The maximum Gasteiger partial charge on any atom is 0.255 e. The number of halogens is 1. The first-order chi connectivity index (χ1) is 13.8. The van der Waals surface area contributed by atoms with Crippen molar-refractivity contribution in [1.29, 1.82) is 0 Å². The predicted octanol–water partition coefficient (Wildman–Crippen LogP) is 2.51. The number of nitrogens with zero attached hydrogens (tertiary/aromatic N) is 1. The fraction of sp³-hybridized carbons (Fsp3) is 0.286. The minimum absolute atomic E-state index is 0.00705. The van der Waals surface area contributed by atoms with E-state index in [1.807, 2.05) is 0 Å². The van der Waals surface area contributed by atoms with Crippen molar-refractivity contribution < 1.29 is 20.1 Å². The maximum absolute atomic E-state index is 14.3. The molecule has 6 nitrogen and oxygen atoms in total. The Kier molecular flexibility index (Phi) is 4.27. The summed E-state index contributed by atoms with van der Waals surface area (Å²) < 4.78 is 22.8. The molecule has 0 unspecified atom stereocenters. The number of carbonyl (C=O) groups excluding carboxylic acids is 3. The van der Waals surface area contributed by atoms with Crippen LogP contribution in [-0.4, -0.2) is 28.6 Å². The van der Waals surface area contributed by atoms with Crippen LogP contribution in [0.5, 0.6) is 0 Å². The summed E-state index contributed by atoms with van der Waals surface area (Å²) in [6.45, 7) is 2.00. The molecule has 28 heavy (non-hydrogen) atoms. The number of anilines is 1. The molecule has 7 heteroatoms. The van der Waals surface area contributed by atoms with Gasteiger partial charge in [0.1, 0.15) is 11.8 Å². The van der Waals surface area contributed by atoms with Gasteiger partial charge in [0.05, 0.1) is 1.37 Å². The van der Waals surface area contributed by atoms with E-state index in [1.54, 1.807) is 43.3 Å². The van der Waals surface area contributed by atoms with Crippen LogP contribution < -0.4 is 10.6 Å². The van der Waals surface area contributed by atoms with E-state index in [2.05, 4.69) is 10.6 Å². The summed E-state index contributed by atoms with van der Waals surface area (Å²) >= 11 is 0. The summed E-state index contributed by atoms with van der Waals surface area (Å²) in [5.74, 6) is -1.93. The molecule has 2 aromatic carbocycles. The molecule has 1 atom stereocenters. The van der Waals surface area contributed by atoms with Crippen molar-refractivity contribution >= 4 is 23.4 Å². The van der Waals surface area contributed by atoms with Gasteiger partial charge in [-0.05, 0) is 31.0 Å². The molecule has 144 valence electrons. The van der Waals surface area contributed by atoms with E-state index in [4.69, 9.17) is 1.37 Å². The maximum atomic E-state index is 14.3. The van der Waals surface area contributed by atoms with Crippen LogP contribution in [0.15, 0.2) is 36.4 Å². The van der Waals surface area contributed by atoms with E-state index in [1.165, 1.54) is 4.90 Å². The lowest BCUT2D eigenvalue weighted by Gasteiger charge is -2.29. The van der Waals surface area contributed by atoms with Crippen LogP contribution >= 0.6 is 0 Å². The Morgan fingerprint density at radius 2 is 2.04 bits per heavy atom. The van der Waals surface area contributed by atoms with E-state index in [9.17, 15) is 18.8 Å². The van der Waals surface area contributed by atoms with Gasteiger partial charge in [0.15, 0.2) is 0 Å². The third-order valence-electron chi connectivity index (χ3n) is 5.14. The van der Waals surface area contributed by atoms with Crippen LogP contribution in [0.3, 0.4) is 0 Å².